The SMILES string of the molecule is CCN(CC#N)CCc1ccnn1C. The monoisotopic (exact) mass is 192 g/mol. The summed E-state index contributed by atoms with van der Waals surface area (Å²) in [5.41, 5.74) is 1.21. The highest BCUT2D eigenvalue weighted by Crippen LogP contribution is 1.99. The van der Waals surface area contributed by atoms with E-state index < -0.39 is 0 Å². The van der Waals surface area contributed by atoms with Crippen LogP contribution in [0.2, 0.25) is 0 Å². The maximum absolute atomic E-state index is 8.57. The van der Waals surface area contributed by atoms with E-state index in [1.165, 1.54) is 5.69 Å². The lowest BCUT2D eigenvalue weighted by Gasteiger charge is -2.15. The fourth-order valence-corrected chi connectivity index (χ4v) is 1.37. The first kappa shape index (κ1) is 10.7. The second-order valence-electron chi connectivity index (χ2n) is 3.22. The molecule has 0 saturated carbocycles. The van der Waals surface area contributed by atoms with Gasteiger partial charge in [-0.15, -0.1) is 0 Å². The number of rotatable bonds is 5. The molecule has 0 spiro atoms. The van der Waals surface area contributed by atoms with Gasteiger partial charge < -0.3 is 0 Å². The van der Waals surface area contributed by atoms with Crippen LogP contribution in [0.15, 0.2) is 12.3 Å². The minimum atomic E-state index is 0.508. The number of aromatic nitrogens is 2. The van der Waals surface area contributed by atoms with Gasteiger partial charge in [0.15, 0.2) is 0 Å². The summed E-state index contributed by atoms with van der Waals surface area (Å²) in [6, 6.07) is 4.18. The molecule has 14 heavy (non-hydrogen) atoms. The Bertz CT molecular complexity index is 310. The number of hydrogen-bond acceptors (Lipinski definition) is 3. The highest BCUT2D eigenvalue weighted by molar-refractivity contribution is 5.00. The Morgan fingerprint density at radius 3 is 2.93 bits per heavy atom. The van der Waals surface area contributed by atoms with Crippen molar-refractivity contribution in [2.24, 2.45) is 7.05 Å². The molecule has 0 unspecified atom stereocenters. The third-order valence-corrected chi connectivity index (χ3v) is 2.35. The lowest BCUT2D eigenvalue weighted by Crippen LogP contribution is -2.26. The number of aryl methyl sites for hydroxylation is 1. The van der Waals surface area contributed by atoms with E-state index in [0.717, 1.165) is 19.5 Å². The van der Waals surface area contributed by atoms with Crippen molar-refractivity contribution in [2.75, 3.05) is 19.6 Å². The summed E-state index contributed by atoms with van der Waals surface area (Å²) >= 11 is 0. The maximum atomic E-state index is 8.57. The van der Waals surface area contributed by atoms with Crippen molar-refractivity contribution in [3.05, 3.63) is 18.0 Å². The lowest BCUT2D eigenvalue weighted by molar-refractivity contribution is 0.324. The van der Waals surface area contributed by atoms with Gasteiger partial charge in [0.05, 0.1) is 12.6 Å². The topological polar surface area (TPSA) is 44.9 Å². The van der Waals surface area contributed by atoms with E-state index in [1.807, 2.05) is 17.8 Å². The number of hydrogen-bond donors (Lipinski definition) is 0. The molecule has 0 fully saturated rings. The Hall–Kier alpha value is -1.34. The Kier molecular flexibility index (Phi) is 4.14. The quantitative estimate of drug-likeness (QED) is 0.648. The molecule has 1 heterocycles. The molecule has 0 aliphatic carbocycles. The van der Waals surface area contributed by atoms with E-state index in [0.29, 0.717) is 6.54 Å². The van der Waals surface area contributed by atoms with Crippen LogP contribution in [0.5, 0.6) is 0 Å². The van der Waals surface area contributed by atoms with Crippen LogP contribution in [-0.2, 0) is 13.5 Å². The molecule has 1 aromatic heterocycles. The van der Waals surface area contributed by atoms with Gasteiger partial charge in [0.2, 0.25) is 0 Å². The van der Waals surface area contributed by atoms with E-state index in [-0.39, 0.29) is 0 Å². The van der Waals surface area contributed by atoms with Gasteiger partial charge in [-0.3, -0.25) is 9.58 Å². The molecule has 0 amide bonds. The van der Waals surface area contributed by atoms with Crippen LogP contribution in [0, 0.1) is 11.3 Å². The fraction of sp³-hybridized carbons (Fsp3) is 0.600. The summed E-state index contributed by atoms with van der Waals surface area (Å²) in [4.78, 5) is 2.12. The van der Waals surface area contributed by atoms with Gasteiger partial charge >= 0.3 is 0 Å². The standard InChI is InChI=1S/C10H16N4/c1-3-14(9-6-11)8-5-10-4-7-12-13(10)2/h4,7H,3,5,8-9H2,1-2H3. The molecule has 0 atom stereocenters. The zero-order valence-electron chi connectivity index (χ0n) is 8.77. The molecular weight excluding hydrogens is 176 g/mol. The van der Waals surface area contributed by atoms with E-state index in [1.54, 1.807) is 6.20 Å². The maximum Gasteiger partial charge on any atom is 0.0866 e. The normalized spacial score (nSPS) is 10.4. The van der Waals surface area contributed by atoms with Crippen molar-refractivity contribution in [1.29, 1.82) is 5.26 Å². The van der Waals surface area contributed by atoms with E-state index in [9.17, 15) is 0 Å². The third kappa shape index (κ3) is 2.86. The Morgan fingerprint density at radius 1 is 1.64 bits per heavy atom. The first-order chi connectivity index (χ1) is 6.77. The van der Waals surface area contributed by atoms with Crippen LogP contribution in [-0.4, -0.2) is 34.3 Å². The highest BCUT2D eigenvalue weighted by Gasteiger charge is 2.03. The van der Waals surface area contributed by atoms with Crippen molar-refractivity contribution < 1.29 is 0 Å². The van der Waals surface area contributed by atoms with Crippen LogP contribution < -0.4 is 0 Å². The summed E-state index contributed by atoms with van der Waals surface area (Å²) in [7, 11) is 1.94. The zero-order valence-corrected chi connectivity index (χ0v) is 8.77. The fourth-order valence-electron chi connectivity index (χ4n) is 1.37. The Balaban J connectivity index is 2.40. The minimum absolute atomic E-state index is 0.508. The third-order valence-electron chi connectivity index (χ3n) is 2.35. The highest BCUT2D eigenvalue weighted by atomic mass is 15.3. The van der Waals surface area contributed by atoms with Gasteiger partial charge in [0.1, 0.15) is 0 Å². The summed E-state index contributed by atoms with van der Waals surface area (Å²) in [6.07, 6.45) is 2.75. The molecule has 0 aliphatic rings. The molecule has 0 bridgehead atoms. The molecule has 0 aliphatic heterocycles. The van der Waals surface area contributed by atoms with Gasteiger partial charge in [-0.2, -0.15) is 10.4 Å². The predicted molar refractivity (Wildman–Crippen MR) is 54.6 cm³/mol. The molecule has 0 aromatic carbocycles. The van der Waals surface area contributed by atoms with Crippen LogP contribution in [0.25, 0.3) is 0 Å². The molecule has 0 saturated heterocycles. The van der Waals surface area contributed by atoms with Gasteiger partial charge in [-0.05, 0) is 12.6 Å². The summed E-state index contributed by atoms with van der Waals surface area (Å²) in [6.45, 7) is 4.42. The van der Waals surface area contributed by atoms with Crippen LogP contribution in [0.4, 0.5) is 0 Å². The first-order valence-corrected chi connectivity index (χ1v) is 4.84. The summed E-state index contributed by atoms with van der Waals surface area (Å²) < 4.78 is 1.88. The van der Waals surface area contributed by atoms with Crippen molar-refractivity contribution in [3.63, 3.8) is 0 Å². The number of nitriles is 1. The second kappa shape index (κ2) is 5.40. The molecule has 4 heteroatoms. The molecular formula is C10H16N4. The van der Waals surface area contributed by atoms with Gasteiger partial charge in [0.25, 0.3) is 0 Å². The second-order valence-corrected chi connectivity index (χ2v) is 3.22. The van der Waals surface area contributed by atoms with E-state index in [2.05, 4.69) is 23.0 Å². The molecule has 1 rings (SSSR count). The smallest absolute Gasteiger partial charge is 0.0866 e. The molecule has 0 radical (unpaired) electrons. The van der Waals surface area contributed by atoms with E-state index >= 15 is 0 Å². The average Bonchev–Trinajstić information content (AvgIpc) is 2.59. The number of nitrogens with zero attached hydrogens (tertiary/aromatic N) is 4. The van der Waals surface area contributed by atoms with Gasteiger partial charge in [-0.25, -0.2) is 0 Å². The van der Waals surface area contributed by atoms with Crippen molar-refractivity contribution in [3.8, 4) is 6.07 Å². The zero-order chi connectivity index (χ0) is 10.4. The van der Waals surface area contributed by atoms with Crippen molar-refractivity contribution in [2.45, 2.75) is 13.3 Å². The van der Waals surface area contributed by atoms with Gasteiger partial charge in [0, 0.05) is 31.9 Å². The molecule has 4 nitrogen and oxygen atoms in total. The largest absolute Gasteiger partial charge is 0.290 e. The average molecular weight is 192 g/mol. The van der Waals surface area contributed by atoms with E-state index in [4.69, 9.17) is 5.26 Å². The molecule has 0 N–H and O–H groups in total. The first-order valence-electron chi connectivity index (χ1n) is 4.84. The Morgan fingerprint density at radius 2 is 2.43 bits per heavy atom. The number of likely N-dealkylation sites (N-methyl/N-ethyl adjacent to an activating group) is 1. The van der Waals surface area contributed by atoms with Crippen LogP contribution >= 0.6 is 0 Å². The van der Waals surface area contributed by atoms with Crippen LogP contribution in [0.1, 0.15) is 12.6 Å². The van der Waals surface area contributed by atoms with Crippen molar-refractivity contribution >= 4 is 0 Å². The molecule has 1 aromatic rings. The summed E-state index contributed by atoms with van der Waals surface area (Å²) in [5, 5.41) is 12.7. The van der Waals surface area contributed by atoms with Crippen LogP contribution in [0.3, 0.4) is 0 Å². The van der Waals surface area contributed by atoms with Crippen molar-refractivity contribution in [1.82, 2.24) is 14.7 Å². The predicted octanol–water partition coefficient (Wildman–Crippen LogP) is 0.808. The minimum Gasteiger partial charge on any atom is -0.290 e. The molecule has 76 valence electrons. The summed E-state index contributed by atoms with van der Waals surface area (Å²) in [5.74, 6) is 0. The Labute approximate surface area is 84.7 Å². The van der Waals surface area contributed by atoms with Gasteiger partial charge in [-0.1, -0.05) is 6.92 Å². The lowest BCUT2D eigenvalue weighted by atomic mass is 10.3.